The highest BCUT2D eigenvalue weighted by Gasteiger charge is 2.29. The maximum atomic E-state index is 11.0. The first-order chi connectivity index (χ1) is 5.55. The molecule has 0 aliphatic heterocycles. The van der Waals surface area contributed by atoms with E-state index >= 15 is 0 Å². The van der Waals surface area contributed by atoms with Crippen molar-refractivity contribution in [3.8, 4) is 0 Å². The first-order valence-electron chi connectivity index (χ1n) is 4.14. The minimum Gasteiger partial charge on any atom is -0.390 e. The molecule has 12 heavy (non-hydrogen) atoms. The number of aliphatic hydroxyl groups is 1. The molecule has 72 valence electrons. The van der Waals surface area contributed by atoms with Gasteiger partial charge in [0, 0.05) is 0 Å². The van der Waals surface area contributed by atoms with E-state index in [1.54, 1.807) is 0 Å². The van der Waals surface area contributed by atoms with E-state index in [0.717, 1.165) is 6.42 Å². The zero-order valence-corrected chi connectivity index (χ0v) is 7.88. The second-order valence-electron chi connectivity index (χ2n) is 2.98. The number of hydrogen-bond acceptors (Lipinski definition) is 4. The molecule has 0 saturated heterocycles. The topological polar surface area (TPSA) is 63.6 Å². The monoisotopic (exact) mass is 194 g/mol. The molecule has 4 nitrogen and oxygen atoms in total. The second-order valence-corrected chi connectivity index (χ2v) is 4.86. The van der Waals surface area contributed by atoms with Crippen molar-refractivity contribution in [1.29, 1.82) is 0 Å². The molecular weight excluding hydrogens is 180 g/mol. The van der Waals surface area contributed by atoms with Gasteiger partial charge < -0.3 is 5.11 Å². The van der Waals surface area contributed by atoms with Gasteiger partial charge in [0.1, 0.15) is 6.10 Å². The smallest absolute Gasteiger partial charge is 0.267 e. The van der Waals surface area contributed by atoms with Crippen LogP contribution in [0.5, 0.6) is 0 Å². The van der Waals surface area contributed by atoms with Gasteiger partial charge in [-0.15, -0.1) is 0 Å². The van der Waals surface area contributed by atoms with E-state index in [-0.39, 0.29) is 5.75 Å². The molecule has 0 bridgehead atoms. The van der Waals surface area contributed by atoms with Crippen molar-refractivity contribution in [2.24, 2.45) is 0 Å². The number of aliphatic hydroxyl groups excluding tert-OH is 1. The molecule has 0 aromatic heterocycles. The summed E-state index contributed by atoms with van der Waals surface area (Å²) in [6.07, 6.45) is 1.01. The molecule has 0 aromatic carbocycles. The summed E-state index contributed by atoms with van der Waals surface area (Å²) in [7, 11) is -3.40. The van der Waals surface area contributed by atoms with E-state index in [2.05, 4.69) is 0 Å². The van der Waals surface area contributed by atoms with Gasteiger partial charge in [0.25, 0.3) is 10.1 Å². The van der Waals surface area contributed by atoms with Crippen LogP contribution in [0.3, 0.4) is 0 Å². The predicted molar refractivity (Wildman–Crippen MR) is 44.2 cm³/mol. The molecule has 0 aromatic rings. The van der Waals surface area contributed by atoms with Gasteiger partial charge in [0.15, 0.2) is 0 Å². The first-order valence-corrected chi connectivity index (χ1v) is 5.72. The van der Waals surface area contributed by atoms with Gasteiger partial charge in [-0.25, -0.2) is 0 Å². The average molecular weight is 194 g/mol. The fraction of sp³-hybridized carbons (Fsp3) is 1.00. The van der Waals surface area contributed by atoms with Crippen LogP contribution in [-0.2, 0) is 14.3 Å². The number of rotatable bonds is 3. The third kappa shape index (κ3) is 2.43. The van der Waals surface area contributed by atoms with Gasteiger partial charge in [-0.3, -0.25) is 4.18 Å². The van der Waals surface area contributed by atoms with Crippen molar-refractivity contribution < 1.29 is 17.7 Å². The Morgan fingerprint density at radius 3 is 2.58 bits per heavy atom. The Morgan fingerprint density at radius 1 is 1.50 bits per heavy atom. The van der Waals surface area contributed by atoms with Gasteiger partial charge >= 0.3 is 0 Å². The second kappa shape index (κ2) is 3.72. The standard InChI is InChI=1S/C7H14O4S/c1-2-12(9,10)11-7-5-3-4-6(7)8/h6-8H,2-5H2,1H3. The Hall–Kier alpha value is -0.130. The van der Waals surface area contributed by atoms with E-state index in [1.807, 2.05) is 0 Å². The molecule has 1 fully saturated rings. The van der Waals surface area contributed by atoms with Crippen molar-refractivity contribution in [2.75, 3.05) is 5.75 Å². The molecule has 5 heteroatoms. The fourth-order valence-corrected chi connectivity index (χ4v) is 2.01. The van der Waals surface area contributed by atoms with E-state index in [4.69, 9.17) is 4.18 Å². The lowest BCUT2D eigenvalue weighted by molar-refractivity contribution is 0.0647. The normalized spacial score (nSPS) is 30.8. The Bertz CT molecular complexity index is 234. The van der Waals surface area contributed by atoms with Crippen LogP contribution < -0.4 is 0 Å². The maximum absolute atomic E-state index is 11.0. The molecule has 0 radical (unpaired) electrons. The van der Waals surface area contributed by atoms with Gasteiger partial charge in [-0.05, 0) is 26.2 Å². The van der Waals surface area contributed by atoms with Crippen LogP contribution in [0.25, 0.3) is 0 Å². The summed E-state index contributed by atoms with van der Waals surface area (Å²) in [6.45, 7) is 1.52. The minimum absolute atomic E-state index is 0.0315. The summed E-state index contributed by atoms with van der Waals surface area (Å²) < 4.78 is 26.7. The van der Waals surface area contributed by atoms with Crippen LogP contribution in [0.4, 0.5) is 0 Å². The summed E-state index contributed by atoms with van der Waals surface area (Å²) in [5.41, 5.74) is 0. The Kier molecular flexibility index (Phi) is 3.09. The van der Waals surface area contributed by atoms with E-state index < -0.39 is 22.3 Å². The van der Waals surface area contributed by atoms with Crippen molar-refractivity contribution in [2.45, 2.75) is 38.4 Å². The van der Waals surface area contributed by atoms with Crippen LogP contribution >= 0.6 is 0 Å². The summed E-state index contributed by atoms with van der Waals surface area (Å²) in [6, 6.07) is 0. The van der Waals surface area contributed by atoms with Crippen LogP contribution in [0.2, 0.25) is 0 Å². The van der Waals surface area contributed by atoms with Crippen LogP contribution in [0.1, 0.15) is 26.2 Å². The summed E-state index contributed by atoms with van der Waals surface area (Å²) >= 11 is 0. The van der Waals surface area contributed by atoms with Gasteiger partial charge in [-0.1, -0.05) is 0 Å². The van der Waals surface area contributed by atoms with Crippen molar-refractivity contribution in [3.05, 3.63) is 0 Å². The summed E-state index contributed by atoms with van der Waals surface area (Å²) in [4.78, 5) is 0. The van der Waals surface area contributed by atoms with Gasteiger partial charge in [0.2, 0.25) is 0 Å². The summed E-state index contributed by atoms with van der Waals surface area (Å²) in [5, 5.41) is 9.26. The van der Waals surface area contributed by atoms with Crippen LogP contribution in [0, 0.1) is 0 Å². The molecule has 2 unspecified atom stereocenters. The molecule has 1 aliphatic carbocycles. The zero-order chi connectivity index (χ0) is 9.19. The number of hydrogen-bond donors (Lipinski definition) is 1. The highest BCUT2D eigenvalue weighted by atomic mass is 32.2. The molecule has 0 spiro atoms. The quantitative estimate of drug-likeness (QED) is 0.655. The molecule has 1 N–H and O–H groups in total. The van der Waals surface area contributed by atoms with Crippen molar-refractivity contribution in [3.63, 3.8) is 0 Å². The van der Waals surface area contributed by atoms with Crippen LogP contribution in [-0.4, -0.2) is 31.5 Å². The molecule has 1 saturated carbocycles. The first kappa shape index (κ1) is 9.95. The van der Waals surface area contributed by atoms with E-state index in [9.17, 15) is 13.5 Å². The third-order valence-corrected chi connectivity index (χ3v) is 3.29. The highest BCUT2D eigenvalue weighted by Crippen LogP contribution is 2.23. The molecule has 0 amide bonds. The fourth-order valence-electron chi connectivity index (χ4n) is 1.28. The Labute approximate surface area is 72.7 Å². The Morgan fingerprint density at radius 2 is 2.17 bits per heavy atom. The van der Waals surface area contributed by atoms with Crippen molar-refractivity contribution in [1.82, 2.24) is 0 Å². The SMILES string of the molecule is CCS(=O)(=O)OC1CCCC1O. The van der Waals surface area contributed by atoms with Gasteiger partial charge in [-0.2, -0.15) is 8.42 Å². The molecule has 0 heterocycles. The lowest BCUT2D eigenvalue weighted by atomic mass is 10.3. The largest absolute Gasteiger partial charge is 0.390 e. The lowest BCUT2D eigenvalue weighted by Crippen LogP contribution is -2.26. The lowest BCUT2D eigenvalue weighted by Gasteiger charge is -2.13. The molecule has 2 atom stereocenters. The average Bonchev–Trinajstić information content (AvgIpc) is 2.36. The predicted octanol–water partition coefficient (Wildman–Crippen LogP) is 0.266. The Balaban J connectivity index is 2.51. The van der Waals surface area contributed by atoms with Gasteiger partial charge in [0.05, 0.1) is 11.9 Å². The molecular formula is C7H14O4S. The minimum atomic E-state index is -3.40. The summed E-state index contributed by atoms with van der Waals surface area (Å²) in [5.74, 6) is -0.0315. The molecule has 1 rings (SSSR count). The van der Waals surface area contributed by atoms with E-state index in [1.165, 1.54) is 6.92 Å². The van der Waals surface area contributed by atoms with Crippen LogP contribution in [0.15, 0.2) is 0 Å². The third-order valence-electron chi connectivity index (χ3n) is 2.04. The zero-order valence-electron chi connectivity index (χ0n) is 7.06. The highest BCUT2D eigenvalue weighted by molar-refractivity contribution is 7.86. The van der Waals surface area contributed by atoms with E-state index in [0.29, 0.717) is 12.8 Å². The molecule has 1 aliphatic rings. The maximum Gasteiger partial charge on any atom is 0.267 e. The van der Waals surface area contributed by atoms with Crippen molar-refractivity contribution >= 4 is 10.1 Å².